The number of nitrogens with zero attached hydrogens (tertiary/aromatic N) is 1. The zero-order chi connectivity index (χ0) is 10.6. The zero-order valence-electron chi connectivity index (χ0n) is 10.2. The molecule has 0 aromatic heterocycles. The molecule has 1 aliphatic rings. The molecule has 0 aromatic rings. The highest BCUT2D eigenvalue weighted by Crippen LogP contribution is 2.15. The molecule has 1 rings (SSSR count). The first-order valence-corrected chi connectivity index (χ1v) is 6.16. The van der Waals surface area contributed by atoms with E-state index in [1.165, 1.54) is 32.5 Å². The third kappa shape index (κ3) is 2.96. The average Bonchev–Trinajstić information content (AvgIpc) is 2.39. The third-order valence-electron chi connectivity index (χ3n) is 3.76. The van der Waals surface area contributed by atoms with Crippen LogP contribution < -0.4 is 5.32 Å². The van der Waals surface area contributed by atoms with Crippen LogP contribution in [0.5, 0.6) is 0 Å². The molecular formula is C12H26N2. The molecule has 1 heterocycles. The normalized spacial score (nSPS) is 32.6. The summed E-state index contributed by atoms with van der Waals surface area (Å²) in [7, 11) is 0. The van der Waals surface area contributed by atoms with Gasteiger partial charge in [0.25, 0.3) is 0 Å². The van der Waals surface area contributed by atoms with Gasteiger partial charge in [0.1, 0.15) is 0 Å². The van der Waals surface area contributed by atoms with Gasteiger partial charge >= 0.3 is 0 Å². The highest BCUT2D eigenvalue weighted by Gasteiger charge is 2.24. The van der Waals surface area contributed by atoms with Crippen LogP contribution in [-0.4, -0.2) is 36.6 Å². The fraction of sp³-hybridized carbons (Fsp3) is 1.00. The highest BCUT2D eigenvalue weighted by atomic mass is 15.2. The van der Waals surface area contributed by atoms with Gasteiger partial charge in [0.15, 0.2) is 0 Å². The minimum absolute atomic E-state index is 0.699. The van der Waals surface area contributed by atoms with Gasteiger partial charge < -0.3 is 5.32 Å². The first-order chi connectivity index (χ1) is 6.69. The van der Waals surface area contributed by atoms with Crippen LogP contribution in [0.25, 0.3) is 0 Å². The summed E-state index contributed by atoms with van der Waals surface area (Å²) < 4.78 is 0. The lowest BCUT2D eigenvalue weighted by Crippen LogP contribution is -2.43. The molecule has 1 aliphatic heterocycles. The summed E-state index contributed by atoms with van der Waals surface area (Å²) in [4.78, 5) is 2.61. The maximum Gasteiger partial charge on any atom is 0.0220 e. The van der Waals surface area contributed by atoms with Crippen LogP contribution in [0.1, 0.15) is 40.5 Å². The standard InChI is InChI=1S/C12H26N2/c1-5-10(3)12-9-14(6-2)11(4)7-8-13-12/h10-13H,5-9H2,1-4H3. The Labute approximate surface area is 89.1 Å². The molecule has 2 nitrogen and oxygen atoms in total. The maximum atomic E-state index is 3.69. The van der Waals surface area contributed by atoms with Gasteiger partial charge in [0.2, 0.25) is 0 Å². The molecule has 3 atom stereocenters. The number of hydrogen-bond acceptors (Lipinski definition) is 2. The first-order valence-electron chi connectivity index (χ1n) is 6.16. The SMILES string of the molecule is CCC(C)C1CN(CC)C(C)CCN1. The Kier molecular flexibility index (Phi) is 4.90. The van der Waals surface area contributed by atoms with Gasteiger partial charge in [0, 0.05) is 18.6 Å². The largest absolute Gasteiger partial charge is 0.312 e. The molecule has 1 fully saturated rings. The molecule has 1 N–H and O–H groups in total. The quantitative estimate of drug-likeness (QED) is 0.747. The van der Waals surface area contributed by atoms with Gasteiger partial charge in [-0.1, -0.05) is 27.2 Å². The van der Waals surface area contributed by atoms with Crippen molar-refractivity contribution >= 4 is 0 Å². The summed E-state index contributed by atoms with van der Waals surface area (Å²) in [6, 6.07) is 1.45. The molecule has 0 spiro atoms. The molecule has 0 aliphatic carbocycles. The predicted octanol–water partition coefficient (Wildman–Crippen LogP) is 2.10. The van der Waals surface area contributed by atoms with Crippen LogP contribution in [0.3, 0.4) is 0 Å². The van der Waals surface area contributed by atoms with Gasteiger partial charge in [-0.05, 0) is 32.4 Å². The van der Waals surface area contributed by atoms with E-state index in [0.29, 0.717) is 6.04 Å². The van der Waals surface area contributed by atoms with E-state index in [1.807, 2.05) is 0 Å². The summed E-state index contributed by atoms with van der Waals surface area (Å²) >= 11 is 0. The molecule has 2 heteroatoms. The van der Waals surface area contributed by atoms with Crippen molar-refractivity contribution in [1.82, 2.24) is 10.2 Å². The van der Waals surface area contributed by atoms with E-state index in [9.17, 15) is 0 Å². The Hall–Kier alpha value is -0.0800. The maximum absolute atomic E-state index is 3.69. The smallest absolute Gasteiger partial charge is 0.0220 e. The monoisotopic (exact) mass is 198 g/mol. The van der Waals surface area contributed by atoms with E-state index in [2.05, 4.69) is 37.9 Å². The van der Waals surface area contributed by atoms with Crippen LogP contribution in [0.4, 0.5) is 0 Å². The van der Waals surface area contributed by atoms with Crippen LogP contribution in [0, 0.1) is 5.92 Å². The zero-order valence-corrected chi connectivity index (χ0v) is 10.2. The molecular weight excluding hydrogens is 172 g/mol. The second-order valence-electron chi connectivity index (χ2n) is 4.67. The summed E-state index contributed by atoms with van der Waals surface area (Å²) in [5.41, 5.74) is 0. The lowest BCUT2D eigenvalue weighted by atomic mass is 9.99. The molecule has 0 aromatic carbocycles. The summed E-state index contributed by atoms with van der Waals surface area (Å²) in [6.45, 7) is 12.9. The van der Waals surface area contributed by atoms with Crippen molar-refractivity contribution in [3.63, 3.8) is 0 Å². The van der Waals surface area contributed by atoms with Crippen molar-refractivity contribution in [2.24, 2.45) is 5.92 Å². The first kappa shape index (κ1) is 12.0. The fourth-order valence-electron chi connectivity index (χ4n) is 2.26. The lowest BCUT2D eigenvalue weighted by molar-refractivity contribution is 0.198. The number of rotatable bonds is 3. The molecule has 1 saturated heterocycles. The Balaban J connectivity index is 2.54. The van der Waals surface area contributed by atoms with Crippen molar-refractivity contribution in [1.29, 1.82) is 0 Å². The minimum Gasteiger partial charge on any atom is -0.312 e. The van der Waals surface area contributed by atoms with Crippen LogP contribution in [0.15, 0.2) is 0 Å². The highest BCUT2D eigenvalue weighted by molar-refractivity contribution is 4.82. The Morgan fingerprint density at radius 2 is 2.14 bits per heavy atom. The fourth-order valence-corrected chi connectivity index (χ4v) is 2.26. The molecule has 3 unspecified atom stereocenters. The predicted molar refractivity (Wildman–Crippen MR) is 62.6 cm³/mol. The van der Waals surface area contributed by atoms with E-state index >= 15 is 0 Å². The molecule has 14 heavy (non-hydrogen) atoms. The van der Waals surface area contributed by atoms with Crippen molar-refractivity contribution < 1.29 is 0 Å². The van der Waals surface area contributed by atoms with Gasteiger partial charge in [-0.3, -0.25) is 4.90 Å². The van der Waals surface area contributed by atoms with Crippen molar-refractivity contribution in [3.05, 3.63) is 0 Å². The summed E-state index contributed by atoms with van der Waals surface area (Å²) in [5.74, 6) is 0.800. The van der Waals surface area contributed by atoms with Gasteiger partial charge in [-0.15, -0.1) is 0 Å². The molecule has 0 saturated carbocycles. The number of likely N-dealkylation sites (N-methyl/N-ethyl adjacent to an activating group) is 1. The second kappa shape index (κ2) is 5.72. The van der Waals surface area contributed by atoms with E-state index in [0.717, 1.165) is 12.0 Å². The van der Waals surface area contributed by atoms with Crippen LogP contribution in [-0.2, 0) is 0 Å². The Morgan fingerprint density at radius 3 is 2.71 bits per heavy atom. The van der Waals surface area contributed by atoms with E-state index < -0.39 is 0 Å². The minimum atomic E-state index is 0.699. The third-order valence-corrected chi connectivity index (χ3v) is 3.76. The Morgan fingerprint density at radius 1 is 1.43 bits per heavy atom. The van der Waals surface area contributed by atoms with E-state index in [4.69, 9.17) is 0 Å². The molecule has 84 valence electrons. The topological polar surface area (TPSA) is 15.3 Å². The average molecular weight is 198 g/mol. The van der Waals surface area contributed by atoms with Crippen molar-refractivity contribution in [2.75, 3.05) is 19.6 Å². The number of hydrogen-bond donors (Lipinski definition) is 1. The van der Waals surface area contributed by atoms with Crippen LogP contribution >= 0.6 is 0 Å². The van der Waals surface area contributed by atoms with Crippen molar-refractivity contribution in [2.45, 2.75) is 52.6 Å². The van der Waals surface area contributed by atoms with Crippen LogP contribution in [0.2, 0.25) is 0 Å². The van der Waals surface area contributed by atoms with Crippen molar-refractivity contribution in [3.8, 4) is 0 Å². The lowest BCUT2D eigenvalue weighted by Gasteiger charge is -2.30. The van der Waals surface area contributed by atoms with Gasteiger partial charge in [-0.25, -0.2) is 0 Å². The number of nitrogens with one attached hydrogen (secondary N) is 1. The summed E-state index contributed by atoms with van der Waals surface area (Å²) in [6.07, 6.45) is 2.57. The molecule has 0 amide bonds. The van der Waals surface area contributed by atoms with E-state index in [1.54, 1.807) is 0 Å². The second-order valence-corrected chi connectivity index (χ2v) is 4.67. The molecule has 0 bridgehead atoms. The van der Waals surface area contributed by atoms with Gasteiger partial charge in [-0.2, -0.15) is 0 Å². The molecule has 0 radical (unpaired) electrons. The summed E-state index contributed by atoms with van der Waals surface area (Å²) in [5, 5.41) is 3.69. The van der Waals surface area contributed by atoms with Gasteiger partial charge in [0.05, 0.1) is 0 Å². The Bertz CT molecular complexity index is 158. The van der Waals surface area contributed by atoms with E-state index in [-0.39, 0.29) is 0 Å².